The molecular weight excluding hydrogens is 156 g/mol. The highest BCUT2D eigenvalue weighted by molar-refractivity contribution is 5.20. The molecule has 4 aliphatic rings. The first-order valence-electron chi connectivity index (χ1n) is 6.20. The van der Waals surface area contributed by atoms with Crippen LogP contribution in [0.3, 0.4) is 0 Å². The Kier molecular flexibility index (Phi) is 1.49. The van der Waals surface area contributed by atoms with Gasteiger partial charge in [-0.25, -0.2) is 0 Å². The number of fused-ring (bicyclic) bond motifs is 1. The fraction of sp³-hybridized carbons (Fsp3) is 1.00. The molecule has 0 aromatic heterocycles. The third-order valence-electron chi connectivity index (χ3n) is 5.99. The summed E-state index contributed by atoms with van der Waals surface area (Å²) in [5.74, 6) is 5.50. The van der Waals surface area contributed by atoms with E-state index in [0.717, 1.165) is 29.1 Å². The molecular formula is C13H22. The number of rotatable bonds is 2. The standard InChI is InChI=1S/C13H22/c1-4-8(2)11-9(3)13-6-5-10(7-13)12(11)13/h8-12H,4-7H2,1-3H3. The van der Waals surface area contributed by atoms with Crippen LogP contribution >= 0.6 is 0 Å². The highest BCUT2D eigenvalue weighted by atomic mass is 14.8. The summed E-state index contributed by atoms with van der Waals surface area (Å²) in [4.78, 5) is 0. The Balaban J connectivity index is 1.81. The summed E-state index contributed by atoms with van der Waals surface area (Å²) in [6, 6.07) is 0. The maximum absolute atomic E-state index is 2.54. The first-order chi connectivity index (χ1) is 6.20. The van der Waals surface area contributed by atoms with E-state index >= 15 is 0 Å². The van der Waals surface area contributed by atoms with Crippen molar-refractivity contribution in [3.05, 3.63) is 0 Å². The maximum Gasteiger partial charge on any atom is -0.0232 e. The van der Waals surface area contributed by atoms with Gasteiger partial charge in [-0.3, -0.25) is 0 Å². The van der Waals surface area contributed by atoms with Crippen LogP contribution < -0.4 is 0 Å². The molecule has 4 fully saturated rings. The van der Waals surface area contributed by atoms with Gasteiger partial charge in [0.05, 0.1) is 0 Å². The maximum atomic E-state index is 2.54. The molecule has 0 nitrogen and oxygen atoms in total. The zero-order valence-corrected chi connectivity index (χ0v) is 9.22. The van der Waals surface area contributed by atoms with Crippen molar-refractivity contribution in [1.82, 2.24) is 0 Å². The Morgan fingerprint density at radius 2 is 2.23 bits per heavy atom. The van der Waals surface area contributed by atoms with Gasteiger partial charge in [-0.1, -0.05) is 27.2 Å². The molecule has 2 bridgehead atoms. The average Bonchev–Trinajstić information content (AvgIpc) is 2.68. The van der Waals surface area contributed by atoms with Crippen LogP contribution in [0, 0.1) is 35.0 Å². The fourth-order valence-corrected chi connectivity index (χ4v) is 5.17. The molecule has 0 heteroatoms. The Labute approximate surface area is 82.1 Å². The van der Waals surface area contributed by atoms with Gasteiger partial charge in [0.1, 0.15) is 0 Å². The van der Waals surface area contributed by atoms with Crippen LogP contribution in [0.2, 0.25) is 0 Å². The predicted octanol–water partition coefficient (Wildman–Crippen LogP) is 3.71. The van der Waals surface area contributed by atoms with E-state index in [0.29, 0.717) is 0 Å². The van der Waals surface area contributed by atoms with Crippen molar-refractivity contribution in [1.29, 1.82) is 0 Å². The second kappa shape index (κ2) is 2.32. The second-order valence-electron chi connectivity index (χ2n) is 6.01. The van der Waals surface area contributed by atoms with E-state index in [-0.39, 0.29) is 0 Å². The van der Waals surface area contributed by atoms with Crippen molar-refractivity contribution in [3.63, 3.8) is 0 Å². The highest BCUT2D eigenvalue weighted by Crippen LogP contribution is 2.79. The lowest BCUT2D eigenvalue weighted by atomic mass is 9.36. The van der Waals surface area contributed by atoms with Gasteiger partial charge in [0.2, 0.25) is 0 Å². The summed E-state index contributed by atoms with van der Waals surface area (Å²) in [5, 5.41) is 0. The van der Waals surface area contributed by atoms with E-state index < -0.39 is 0 Å². The van der Waals surface area contributed by atoms with Crippen molar-refractivity contribution >= 4 is 0 Å². The van der Waals surface area contributed by atoms with Gasteiger partial charge in [0, 0.05) is 0 Å². The van der Waals surface area contributed by atoms with Crippen LogP contribution in [-0.4, -0.2) is 0 Å². The van der Waals surface area contributed by atoms with E-state index in [4.69, 9.17) is 0 Å². The molecule has 0 radical (unpaired) electrons. The van der Waals surface area contributed by atoms with E-state index in [1.54, 1.807) is 19.3 Å². The Morgan fingerprint density at radius 1 is 1.46 bits per heavy atom. The molecule has 74 valence electrons. The van der Waals surface area contributed by atoms with Crippen molar-refractivity contribution in [2.24, 2.45) is 35.0 Å². The Bertz CT molecular complexity index is 228. The molecule has 0 amide bonds. The van der Waals surface area contributed by atoms with Crippen LogP contribution in [-0.2, 0) is 0 Å². The van der Waals surface area contributed by atoms with Gasteiger partial charge in [-0.05, 0) is 54.3 Å². The predicted molar refractivity (Wildman–Crippen MR) is 55.4 cm³/mol. The average molecular weight is 178 g/mol. The minimum atomic E-state index is 0.888. The van der Waals surface area contributed by atoms with Gasteiger partial charge >= 0.3 is 0 Å². The van der Waals surface area contributed by atoms with Crippen molar-refractivity contribution in [2.45, 2.75) is 46.5 Å². The number of hydrogen-bond acceptors (Lipinski definition) is 0. The van der Waals surface area contributed by atoms with Gasteiger partial charge in [-0.2, -0.15) is 0 Å². The third kappa shape index (κ3) is 0.714. The van der Waals surface area contributed by atoms with E-state index in [9.17, 15) is 0 Å². The molecule has 4 aliphatic carbocycles. The minimum Gasteiger partial charge on any atom is -0.0651 e. The second-order valence-corrected chi connectivity index (χ2v) is 6.01. The molecule has 0 N–H and O–H groups in total. The van der Waals surface area contributed by atoms with Gasteiger partial charge in [0.15, 0.2) is 0 Å². The van der Waals surface area contributed by atoms with E-state index in [2.05, 4.69) is 20.8 Å². The van der Waals surface area contributed by atoms with Crippen molar-refractivity contribution in [2.75, 3.05) is 0 Å². The molecule has 6 atom stereocenters. The van der Waals surface area contributed by atoms with Crippen LogP contribution in [0.15, 0.2) is 0 Å². The first-order valence-corrected chi connectivity index (χ1v) is 6.20. The molecule has 4 rings (SSSR count). The Morgan fingerprint density at radius 3 is 2.85 bits per heavy atom. The van der Waals surface area contributed by atoms with Gasteiger partial charge in [0.25, 0.3) is 0 Å². The van der Waals surface area contributed by atoms with Crippen molar-refractivity contribution in [3.8, 4) is 0 Å². The topological polar surface area (TPSA) is 0 Å². The lowest BCUT2D eigenvalue weighted by molar-refractivity contribution is -0.208. The van der Waals surface area contributed by atoms with Crippen LogP contribution in [0.1, 0.15) is 46.5 Å². The molecule has 0 heterocycles. The highest BCUT2D eigenvalue weighted by Gasteiger charge is 2.72. The Hall–Kier alpha value is 0. The zero-order chi connectivity index (χ0) is 9.22. The van der Waals surface area contributed by atoms with Gasteiger partial charge < -0.3 is 0 Å². The summed E-state index contributed by atoms with van der Waals surface area (Å²) in [6.07, 6.45) is 6.15. The fourth-order valence-electron chi connectivity index (χ4n) is 5.17. The van der Waals surface area contributed by atoms with E-state index in [1.165, 1.54) is 12.3 Å². The zero-order valence-electron chi connectivity index (χ0n) is 9.22. The molecule has 0 aliphatic heterocycles. The lowest BCUT2D eigenvalue weighted by Crippen LogP contribution is -2.63. The smallest absolute Gasteiger partial charge is 0.0232 e. The number of hydrogen-bond donors (Lipinski definition) is 0. The van der Waals surface area contributed by atoms with Crippen molar-refractivity contribution < 1.29 is 0 Å². The quantitative estimate of drug-likeness (QED) is 0.604. The summed E-state index contributed by atoms with van der Waals surface area (Å²) >= 11 is 0. The van der Waals surface area contributed by atoms with Crippen LogP contribution in [0.4, 0.5) is 0 Å². The minimum absolute atomic E-state index is 0.888. The molecule has 0 saturated heterocycles. The summed E-state index contributed by atoms with van der Waals surface area (Å²) < 4.78 is 0. The molecule has 4 saturated carbocycles. The molecule has 13 heavy (non-hydrogen) atoms. The summed E-state index contributed by atoms with van der Waals surface area (Å²) in [6.45, 7) is 7.38. The third-order valence-corrected chi connectivity index (χ3v) is 5.99. The normalized spacial score (nSPS) is 59.3. The monoisotopic (exact) mass is 178 g/mol. The summed E-state index contributed by atoms with van der Waals surface area (Å²) in [5.41, 5.74) is 0.888. The molecule has 1 spiro atoms. The SMILES string of the molecule is CCC(C)C1C(C)C23CCC(C2)C13. The first kappa shape index (κ1) is 8.32. The summed E-state index contributed by atoms with van der Waals surface area (Å²) in [7, 11) is 0. The van der Waals surface area contributed by atoms with Gasteiger partial charge in [-0.15, -0.1) is 0 Å². The molecule has 0 aromatic rings. The van der Waals surface area contributed by atoms with E-state index in [1.807, 2.05) is 0 Å². The largest absolute Gasteiger partial charge is 0.0651 e. The van der Waals surface area contributed by atoms with Crippen LogP contribution in [0.5, 0.6) is 0 Å². The molecule has 6 unspecified atom stereocenters. The molecule has 0 aromatic carbocycles. The van der Waals surface area contributed by atoms with Crippen LogP contribution in [0.25, 0.3) is 0 Å². The lowest BCUT2D eigenvalue weighted by Gasteiger charge is -2.68.